The lowest BCUT2D eigenvalue weighted by atomic mass is 10.1. The number of benzene rings is 1. The van der Waals surface area contributed by atoms with Crippen LogP contribution in [0.5, 0.6) is 0 Å². The van der Waals surface area contributed by atoms with Gasteiger partial charge in [0.1, 0.15) is 0 Å². The van der Waals surface area contributed by atoms with Crippen LogP contribution < -0.4 is 0 Å². The molecule has 0 radical (unpaired) electrons. The minimum atomic E-state index is -3.82. The van der Waals surface area contributed by atoms with Gasteiger partial charge in [0.15, 0.2) is 0 Å². The van der Waals surface area contributed by atoms with E-state index < -0.39 is 47.4 Å². The Morgan fingerprint density at radius 3 is 2.09 bits per heavy atom. The number of nitrogens with zero attached hydrogens (tertiary/aromatic N) is 1. The molecule has 0 N–H and O–H groups in total. The molecule has 0 bridgehead atoms. The van der Waals surface area contributed by atoms with E-state index in [1.54, 1.807) is 0 Å². The number of fused-ring (bicyclic) bond motifs is 1. The van der Waals surface area contributed by atoms with Crippen LogP contribution in [0.25, 0.3) is 0 Å². The number of alkyl halides is 2. The van der Waals surface area contributed by atoms with Crippen molar-refractivity contribution in [2.75, 3.05) is 19.4 Å². The summed E-state index contributed by atoms with van der Waals surface area (Å²) < 4.78 is 53.3. The summed E-state index contributed by atoms with van der Waals surface area (Å²) in [5.41, 5.74) is 0.159. The molecule has 1 aromatic carbocycles. The maximum Gasteiger partial charge on any atom is 0.268 e. The summed E-state index contributed by atoms with van der Waals surface area (Å²) >= 11 is 0. The number of carbonyl (C=O) groups is 2. The third-order valence-corrected chi connectivity index (χ3v) is 3.63. The Morgan fingerprint density at radius 2 is 1.64 bits per heavy atom. The number of imide groups is 1. The Hall–Kier alpha value is -1.87. The highest BCUT2D eigenvalue weighted by Gasteiger charge is 2.42. The molecule has 0 saturated heterocycles. The first kappa shape index (κ1) is 16.5. The Morgan fingerprint density at radius 1 is 1.14 bits per heavy atom. The van der Waals surface area contributed by atoms with Gasteiger partial charge in [-0.1, -0.05) is 12.1 Å². The van der Waals surface area contributed by atoms with Crippen LogP contribution in [0.1, 0.15) is 27.1 Å². The Labute approximate surface area is 125 Å². The van der Waals surface area contributed by atoms with Crippen molar-refractivity contribution >= 4 is 21.9 Å². The minimum absolute atomic E-state index is 0.0793. The van der Waals surface area contributed by atoms with E-state index in [9.17, 15) is 26.8 Å². The fourth-order valence-electron chi connectivity index (χ4n) is 2.04. The number of hydrogen-bond acceptors (Lipinski definition) is 5. The largest absolute Gasteiger partial charge is 0.270 e. The van der Waals surface area contributed by atoms with Gasteiger partial charge in [0, 0.05) is 6.42 Å². The highest BCUT2D eigenvalue weighted by Crippen LogP contribution is 2.27. The first-order chi connectivity index (χ1) is 10.1. The molecule has 120 valence electrons. The zero-order chi connectivity index (χ0) is 16.5. The molecule has 6 nitrogen and oxygen atoms in total. The number of halogens is 2. The average Bonchev–Trinajstić information content (AvgIpc) is 2.63. The molecule has 0 saturated carbocycles. The standard InChI is InChI=1S/C13H13F2NO5S/c1-22(19,20)21-7-6-13(14,15)8-16-11(17)9-4-2-3-5-10(9)12(16)18/h2-5H,6-8H2,1H3. The molecule has 0 aliphatic carbocycles. The Balaban J connectivity index is 2.05. The molecular formula is C13H13F2NO5S. The van der Waals surface area contributed by atoms with E-state index in [0.29, 0.717) is 4.90 Å². The molecule has 9 heteroatoms. The van der Waals surface area contributed by atoms with Crippen LogP contribution in [0.15, 0.2) is 24.3 Å². The van der Waals surface area contributed by atoms with Gasteiger partial charge in [0.25, 0.3) is 27.9 Å². The van der Waals surface area contributed by atoms with Crippen molar-refractivity contribution in [1.29, 1.82) is 0 Å². The monoisotopic (exact) mass is 333 g/mol. The van der Waals surface area contributed by atoms with E-state index in [1.807, 2.05) is 0 Å². The normalized spacial score (nSPS) is 15.3. The molecule has 1 aliphatic heterocycles. The lowest BCUT2D eigenvalue weighted by Crippen LogP contribution is -2.41. The van der Waals surface area contributed by atoms with E-state index in [4.69, 9.17) is 0 Å². The van der Waals surface area contributed by atoms with Gasteiger partial charge in [-0.3, -0.25) is 18.7 Å². The zero-order valence-corrected chi connectivity index (χ0v) is 12.4. The molecule has 22 heavy (non-hydrogen) atoms. The van der Waals surface area contributed by atoms with Gasteiger partial charge in [-0.05, 0) is 12.1 Å². The van der Waals surface area contributed by atoms with Crippen LogP contribution in [0.3, 0.4) is 0 Å². The lowest BCUT2D eigenvalue weighted by Gasteiger charge is -2.21. The predicted octanol–water partition coefficient (Wildman–Crippen LogP) is 1.28. The highest BCUT2D eigenvalue weighted by atomic mass is 32.2. The van der Waals surface area contributed by atoms with Crippen LogP contribution in [-0.2, 0) is 14.3 Å². The second kappa shape index (κ2) is 5.73. The first-order valence-corrected chi connectivity index (χ1v) is 8.10. The summed E-state index contributed by atoms with van der Waals surface area (Å²) in [4.78, 5) is 24.4. The van der Waals surface area contributed by atoms with Crippen molar-refractivity contribution in [3.63, 3.8) is 0 Å². The Kier molecular flexibility index (Phi) is 4.30. The van der Waals surface area contributed by atoms with Gasteiger partial charge in [0.05, 0.1) is 30.5 Å². The van der Waals surface area contributed by atoms with E-state index >= 15 is 0 Å². The van der Waals surface area contributed by atoms with Crippen molar-refractivity contribution in [2.45, 2.75) is 12.3 Å². The zero-order valence-electron chi connectivity index (χ0n) is 11.6. The smallest absolute Gasteiger partial charge is 0.268 e. The second-order valence-corrected chi connectivity index (χ2v) is 6.52. The molecule has 1 aliphatic rings. The molecule has 2 rings (SSSR count). The summed E-state index contributed by atoms with van der Waals surface area (Å²) in [7, 11) is -3.82. The van der Waals surface area contributed by atoms with Crippen LogP contribution >= 0.6 is 0 Å². The minimum Gasteiger partial charge on any atom is -0.270 e. The highest BCUT2D eigenvalue weighted by molar-refractivity contribution is 7.85. The van der Waals surface area contributed by atoms with Gasteiger partial charge in [-0.2, -0.15) is 8.42 Å². The quantitative estimate of drug-likeness (QED) is 0.579. The summed E-state index contributed by atoms with van der Waals surface area (Å²) in [6.07, 6.45) is -0.178. The molecule has 2 amide bonds. The van der Waals surface area contributed by atoms with Crippen LogP contribution in [-0.4, -0.2) is 50.5 Å². The fraction of sp³-hybridized carbons (Fsp3) is 0.385. The van der Waals surface area contributed by atoms with Crippen LogP contribution in [0.4, 0.5) is 8.78 Å². The molecule has 0 aromatic heterocycles. The molecule has 1 aromatic rings. The molecule has 0 atom stereocenters. The van der Waals surface area contributed by atoms with Gasteiger partial charge in [0.2, 0.25) is 0 Å². The van der Waals surface area contributed by atoms with Crippen molar-refractivity contribution in [2.24, 2.45) is 0 Å². The SMILES string of the molecule is CS(=O)(=O)OCCC(F)(F)CN1C(=O)c2ccccc2C1=O. The van der Waals surface area contributed by atoms with Gasteiger partial charge < -0.3 is 0 Å². The summed E-state index contributed by atoms with van der Waals surface area (Å²) in [6, 6.07) is 5.85. The summed E-state index contributed by atoms with van der Waals surface area (Å²) in [6.45, 7) is -1.85. The number of hydrogen-bond donors (Lipinski definition) is 0. The van der Waals surface area contributed by atoms with E-state index in [2.05, 4.69) is 4.18 Å². The predicted molar refractivity (Wildman–Crippen MR) is 72.2 cm³/mol. The van der Waals surface area contributed by atoms with Crippen LogP contribution in [0, 0.1) is 0 Å². The maximum absolute atomic E-state index is 13.8. The summed E-state index contributed by atoms with van der Waals surface area (Å²) in [5.74, 6) is -5.02. The summed E-state index contributed by atoms with van der Waals surface area (Å²) in [5, 5.41) is 0. The molecule has 0 fully saturated rings. The van der Waals surface area contributed by atoms with Crippen molar-refractivity contribution in [3.05, 3.63) is 35.4 Å². The first-order valence-electron chi connectivity index (χ1n) is 6.28. The van der Waals surface area contributed by atoms with Crippen molar-refractivity contribution in [3.8, 4) is 0 Å². The van der Waals surface area contributed by atoms with Crippen LogP contribution in [0.2, 0.25) is 0 Å². The average molecular weight is 333 g/mol. The van der Waals surface area contributed by atoms with Gasteiger partial charge in [-0.25, -0.2) is 8.78 Å². The lowest BCUT2D eigenvalue weighted by molar-refractivity contribution is -0.0367. The Bertz CT molecular complexity index is 682. The topological polar surface area (TPSA) is 80.8 Å². The molecular weight excluding hydrogens is 320 g/mol. The third-order valence-electron chi connectivity index (χ3n) is 3.03. The van der Waals surface area contributed by atoms with E-state index in [1.165, 1.54) is 24.3 Å². The number of rotatable bonds is 6. The van der Waals surface area contributed by atoms with E-state index in [-0.39, 0.29) is 11.1 Å². The van der Waals surface area contributed by atoms with Gasteiger partial charge >= 0.3 is 0 Å². The third kappa shape index (κ3) is 3.66. The molecule has 1 heterocycles. The van der Waals surface area contributed by atoms with Gasteiger partial charge in [-0.15, -0.1) is 0 Å². The molecule has 0 spiro atoms. The second-order valence-electron chi connectivity index (χ2n) is 4.87. The number of carbonyl (C=O) groups excluding carboxylic acids is 2. The number of amides is 2. The van der Waals surface area contributed by atoms with E-state index in [0.717, 1.165) is 6.26 Å². The fourth-order valence-corrected chi connectivity index (χ4v) is 2.42. The van der Waals surface area contributed by atoms with Crippen molar-refractivity contribution in [1.82, 2.24) is 4.90 Å². The maximum atomic E-state index is 13.8. The molecule has 0 unspecified atom stereocenters. The van der Waals surface area contributed by atoms with Crippen molar-refractivity contribution < 1.29 is 31.0 Å².